The first kappa shape index (κ1) is 14.7. The zero-order chi connectivity index (χ0) is 11.1. The van der Waals surface area contributed by atoms with E-state index in [0.29, 0.717) is 0 Å². The smallest absolute Gasteiger partial charge is 0.269 e. The van der Waals surface area contributed by atoms with Gasteiger partial charge in [0.05, 0.1) is 24.6 Å². The first-order valence-electron chi connectivity index (χ1n) is 5.04. The van der Waals surface area contributed by atoms with Crippen LogP contribution in [0.3, 0.4) is 0 Å². The average Bonchev–Trinajstić information content (AvgIpc) is 2.25. The van der Waals surface area contributed by atoms with Crippen molar-refractivity contribution in [3.63, 3.8) is 0 Å². The second-order valence-corrected chi connectivity index (χ2v) is 3.22. The van der Waals surface area contributed by atoms with Crippen molar-refractivity contribution in [2.45, 2.75) is 6.92 Å². The second kappa shape index (κ2) is 7.90. The quantitative estimate of drug-likeness (QED) is 0.333. The van der Waals surface area contributed by atoms with Crippen LogP contribution in [0.4, 0.5) is 11.4 Å². The van der Waals surface area contributed by atoms with Crippen molar-refractivity contribution in [2.75, 3.05) is 25.0 Å². The Morgan fingerprint density at radius 3 is 2.50 bits per heavy atom. The summed E-state index contributed by atoms with van der Waals surface area (Å²) in [5.41, 5.74) is 1.05. The summed E-state index contributed by atoms with van der Waals surface area (Å²) in [5, 5.41) is 15.8. The second-order valence-electron chi connectivity index (χ2n) is 3.22. The molecule has 90 valence electrons. The molecule has 0 radical (unpaired) electrons. The van der Waals surface area contributed by atoms with Gasteiger partial charge >= 0.3 is 0 Å². The Morgan fingerprint density at radius 2 is 2.00 bits per heavy atom. The molecule has 16 heavy (non-hydrogen) atoms. The number of nitrogens with zero attached hydrogens (tertiary/aromatic N) is 1. The van der Waals surface area contributed by atoms with Gasteiger partial charge < -0.3 is 23.0 Å². The van der Waals surface area contributed by atoms with Crippen molar-refractivity contribution in [1.29, 1.82) is 0 Å². The summed E-state index contributed by atoms with van der Waals surface area (Å²) in [6, 6.07) is 6.46. The van der Waals surface area contributed by atoms with Gasteiger partial charge in [-0.15, -0.1) is 0 Å². The van der Waals surface area contributed by atoms with Crippen LogP contribution in [0, 0.1) is 10.1 Å². The van der Waals surface area contributed by atoms with Crippen molar-refractivity contribution >= 4 is 11.4 Å². The lowest BCUT2D eigenvalue weighted by Crippen LogP contribution is -3.00. The Kier molecular flexibility index (Phi) is 7.24. The summed E-state index contributed by atoms with van der Waals surface area (Å²) < 4.78 is 0. The summed E-state index contributed by atoms with van der Waals surface area (Å²) in [6.07, 6.45) is 0. The molecule has 0 amide bonds. The van der Waals surface area contributed by atoms with Gasteiger partial charge in [-0.3, -0.25) is 10.1 Å². The lowest BCUT2D eigenvalue weighted by molar-refractivity contribution is -0.648. The molecule has 0 saturated carbocycles. The van der Waals surface area contributed by atoms with E-state index in [1.165, 1.54) is 12.1 Å². The van der Waals surface area contributed by atoms with Gasteiger partial charge in [-0.1, -0.05) is 0 Å². The maximum atomic E-state index is 10.4. The van der Waals surface area contributed by atoms with E-state index >= 15 is 0 Å². The van der Waals surface area contributed by atoms with Crippen LogP contribution in [-0.4, -0.2) is 24.6 Å². The van der Waals surface area contributed by atoms with E-state index in [2.05, 4.69) is 17.6 Å². The standard InChI is InChI=1S/C10H15N3O2.ClH/c1-2-11-7-8-12-9-3-5-10(6-4-9)13(14)15;/h3-6,11-12H,2,7-8H2,1H3;1H. The van der Waals surface area contributed by atoms with Crippen LogP contribution < -0.4 is 23.0 Å². The Hall–Kier alpha value is -1.33. The number of anilines is 1. The van der Waals surface area contributed by atoms with Crippen LogP contribution in [0.25, 0.3) is 0 Å². The summed E-state index contributed by atoms with van der Waals surface area (Å²) in [6.45, 7) is 5.05. The minimum Gasteiger partial charge on any atom is -1.00 e. The van der Waals surface area contributed by atoms with Crippen molar-refractivity contribution in [2.24, 2.45) is 0 Å². The highest BCUT2D eigenvalue weighted by Gasteiger charge is 2.02. The third-order valence-electron chi connectivity index (χ3n) is 2.04. The summed E-state index contributed by atoms with van der Waals surface area (Å²) in [4.78, 5) is 10.00. The van der Waals surface area contributed by atoms with Crippen LogP contribution in [-0.2, 0) is 0 Å². The Labute approximate surface area is 101 Å². The largest absolute Gasteiger partial charge is 1.00 e. The number of nitro groups is 1. The predicted molar refractivity (Wildman–Crippen MR) is 58.9 cm³/mol. The van der Waals surface area contributed by atoms with E-state index < -0.39 is 4.92 Å². The fourth-order valence-electron chi connectivity index (χ4n) is 1.22. The van der Waals surface area contributed by atoms with Gasteiger partial charge in [0.25, 0.3) is 5.69 Å². The van der Waals surface area contributed by atoms with Crippen LogP contribution in [0.15, 0.2) is 24.3 Å². The molecule has 0 aromatic heterocycles. The molecule has 0 atom stereocenters. The van der Waals surface area contributed by atoms with Crippen LogP contribution in [0.5, 0.6) is 0 Å². The van der Waals surface area contributed by atoms with Crippen molar-refractivity contribution in [3.05, 3.63) is 34.4 Å². The number of quaternary nitrogens is 1. The van der Waals surface area contributed by atoms with Gasteiger partial charge in [0.15, 0.2) is 0 Å². The minimum atomic E-state index is -0.394. The zero-order valence-electron chi connectivity index (χ0n) is 9.15. The molecule has 1 aromatic carbocycles. The molecule has 1 rings (SSSR count). The van der Waals surface area contributed by atoms with E-state index in [1.807, 2.05) is 0 Å². The molecule has 0 aliphatic carbocycles. The molecule has 0 spiro atoms. The van der Waals surface area contributed by atoms with Crippen LogP contribution in [0.2, 0.25) is 0 Å². The van der Waals surface area contributed by atoms with E-state index in [1.54, 1.807) is 12.1 Å². The van der Waals surface area contributed by atoms with Gasteiger partial charge in [0, 0.05) is 17.8 Å². The molecule has 6 heteroatoms. The molecule has 0 aliphatic rings. The fraction of sp³-hybridized carbons (Fsp3) is 0.400. The van der Waals surface area contributed by atoms with E-state index in [-0.39, 0.29) is 18.1 Å². The molecular weight excluding hydrogens is 230 g/mol. The SMILES string of the molecule is CC[NH2+]CCNc1ccc([N+](=O)[O-])cc1.[Cl-]. The molecule has 0 saturated heterocycles. The highest BCUT2D eigenvalue weighted by atomic mass is 35.5. The third kappa shape index (κ3) is 4.95. The summed E-state index contributed by atoms with van der Waals surface area (Å²) in [7, 11) is 0. The lowest BCUT2D eigenvalue weighted by atomic mass is 10.3. The lowest BCUT2D eigenvalue weighted by Gasteiger charge is -2.04. The first-order chi connectivity index (χ1) is 7.24. The Bertz CT molecular complexity index is 316. The maximum absolute atomic E-state index is 10.4. The van der Waals surface area contributed by atoms with Gasteiger partial charge in [-0.05, 0) is 19.1 Å². The van der Waals surface area contributed by atoms with Crippen LogP contribution in [0.1, 0.15) is 6.92 Å². The fourth-order valence-corrected chi connectivity index (χ4v) is 1.22. The number of likely N-dealkylation sites (N-methyl/N-ethyl adjacent to an activating group) is 1. The van der Waals surface area contributed by atoms with Crippen molar-refractivity contribution < 1.29 is 22.6 Å². The number of nitrogens with one attached hydrogen (secondary N) is 1. The highest BCUT2D eigenvalue weighted by molar-refractivity contribution is 5.48. The van der Waals surface area contributed by atoms with Gasteiger partial charge in [0.2, 0.25) is 0 Å². The van der Waals surface area contributed by atoms with Gasteiger partial charge in [0.1, 0.15) is 0 Å². The van der Waals surface area contributed by atoms with Crippen molar-refractivity contribution in [1.82, 2.24) is 0 Å². The number of non-ortho nitro benzene ring substituents is 1. The molecule has 0 heterocycles. The van der Waals surface area contributed by atoms with Crippen LogP contribution >= 0.6 is 0 Å². The molecule has 3 N–H and O–H groups in total. The number of benzene rings is 1. The molecule has 0 fully saturated rings. The monoisotopic (exact) mass is 245 g/mol. The van der Waals surface area contributed by atoms with Gasteiger partial charge in [-0.2, -0.15) is 0 Å². The maximum Gasteiger partial charge on any atom is 0.269 e. The third-order valence-corrected chi connectivity index (χ3v) is 2.04. The molecular formula is C10H16ClN3O2. The normalized spacial score (nSPS) is 9.31. The molecule has 0 bridgehead atoms. The Morgan fingerprint density at radius 1 is 1.38 bits per heavy atom. The topological polar surface area (TPSA) is 71.8 Å². The van der Waals surface area contributed by atoms with E-state index in [4.69, 9.17) is 0 Å². The number of nitrogens with two attached hydrogens (primary N) is 1. The van der Waals surface area contributed by atoms with Crippen molar-refractivity contribution in [3.8, 4) is 0 Å². The predicted octanol–water partition coefficient (Wildman–Crippen LogP) is -2.41. The highest BCUT2D eigenvalue weighted by Crippen LogP contribution is 2.14. The number of rotatable bonds is 6. The number of halogens is 1. The average molecular weight is 246 g/mol. The molecule has 0 aliphatic heterocycles. The Balaban J connectivity index is 0.00000225. The zero-order valence-corrected chi connectivity index (χ0v) is 9.91. The summed E-state index contributed by atoms with van der Waals surface area (Å²) >= 11 is 0. The molecule has 5 nitrogen and oxygen atoms in total. The number of hydrogen-bond acceptors (Lipinski definition) is 3. The molecule has 1 aromatic rings. The van der Waals surface area contributed by atoms with Gasteiger partial charge in [-0.25, -0.2) is 0 Å². The summed E-state index contributed by atoms with van der Waals surface area (Å²) in [5.74, 6) is 0. The van der Waals surface area contributed by atoms with E-state index in [9.17, 15) is 10.1 Å². The first-order valence-corrected chi connectivity index (χ1v) is 5.04. The van der Waals surface area contributed by atoms with E-state index in [0.717, 1.165) is 25.3 Å². The number of hydrogen-bond donors (Lipinski definition) is 2. The number of nitro benzene ring substituents is 1. The molecule has 0 unspecified atom stereocenters. The minimum absolute atomic E-state index is 0.